The van der Waals surface area contributed by atoms with Crippen LogP contribution in [-0.2, 0) is 0 Å². The molecule has 19 heavy (non-hydrogen) atoms. The molecule has 0 aliphatic rings. The lowest BCUT2D eigenvalue weighted by Gasteiger charge is -2.08. The summed E-state index contributed by atoms with van der Waals surface area (Å²) >= 11 is 17.7. The lowest BCUT2D eigenvalue weighted by Crippen LogP contribution is -1.91. The Bertz CT molecular complexity index is 824. The van der Waals surface area contributed by atoms with Crippen LogP contribution in [0, 0.1) is 0 Å². The third-order valence-corrected chi connectivity index (χ3v) is 4.06. The van der Waals surface area contributed by atoms with Crippen LogP contribution in [0.1, 0.15) is 10.4 Å². The minimum absolute atomic E-state index is 0.468. The molecule has 3 aromatic rings. The van der Waals surface area contributed by atoms with Crippen molar-refractivity contribution in [2.45, 2.75) is 0 Å². The lowest BCUT2D eigenvalue weighted by atomic mass is 9.99. The second-order valence-electron chi connectivity index (χ2n) is 4.23. The van der Waals surface area contributed by atoms with Gasteiger partial charge in [-0.2, -0.15) is 0 Å². The number of hydrogen-bond donors (Lipinski definition) is 0. The van der Waals surface area contributed by atoms with Gasteiger partial charge in [-0.15, -0.1) is 0 Å². The maximum absolute atomic E-state index is 11.4. The summed E-state index contributed by atoms with van der Waals surface area (Å²) in [6.07, 6.45) is 0. The number of fused-ring (bicyclic) bond motifs is 3. The van der Waals surface area contributed by atoms with Crippen LogP contribution in [-0.4, -0.2) is 5.24 Å². The van der Waals surface area contributed by atoms with Gasteiger partial charge in [0.05, 0.1) is 10.0 Å². The molecule has 0 heterocycles. The first-order valence-electron chi connectivity index (χ1n) is 5.58. The van der Waals surface area contributed by atoms with E-state index in [2.05, 4.69) is 0 Å². The monoisotopic (exact) mass is 308 g/mol. The molecule has 1 nitrogen and oxygen atoms in total. The van der Waals surface area contributed by atoms with Gasteiger partial charge in [-0.25, -0.2) is 0 Å². The summed E-state index contributed by atoms with van der Waals surface area (Å²) in [5.41, 5.74) is 0.493. The van der Waals surface area contributed by atoms with Crippen molar-refractivity contribution < 1.29 is 4.79 Å². The molecule has 0 atom stereocenters. The van der Waals surface area contributed by atoms with Crippen LogP contribution in [0.2, 0.25) is 10.0 Å². The Balaban J connectivity index is 2.50. The van der Waals surface area contributed by atoms with Gasteiger partial charge in [0.15, 0.2) is 0 Å². The Labute approximate surface area is 124 Å². The first-order chi connectivity index (χ1) is 9.08. The second-order valence-corrected chi connectivity index (χ2v) is 5.39. The van der Waals surface area contributed by atoms with E-state index in [9.17, 15) is 4.79 Å². The van der Waals surface area contributed by atoms with Crippen molar-refractivity contribution in [1.82, 2.24) is 0 Å². The van der Waals surface area contributed by atoms with Crippen molar-refractivity contribution in [2.75, 3.05) is 0 Å². The minimum atomic E-state index is -0.468. The van der Waals surface area contributed by atoms with Crippen molar-refractivity contribution in [3.05, 3.63) is 58.1 Å². The van der Waals surface area contributed by atoms with E-state index in [0.717, 1.165) is 21.5 Å². The first-order valence-corrected chi connectivity index (χ1v) is 6.71. The zero-order valence-electron chi connectivity index (χ0n) is 9.58. The van der Waals surface area contributed by atoms with Crippen molar-refractivity contribution in [3.63, 3.8) is 0 Å². The van der Waals surface area contributed by atoms with Gasteiger partial charge in [-0.3, -0.25) is 4.79 Å². The Kier molecular flexibility index (Phi) is 3.14. The molecule has 4 heteroatoms. The van der Waals surface area contributed by atoms with Crippen LogP contribution >= 0.6 is 34.8 Å². The summed E-state index contributed by atoms with van der Waals surface area (Å²) in [7, 11) is 0. The molecule has 0 saturated heterocycles. The van der Waals surface area contributed by atoms with Crippen LogP contribution in [0.3, 0.4) is 0 Å². The highest BCUT2D eigenvalue weighted by Crippen LogP contribution is 2.33. The average Bonchev–Trinajstić information content (AvgIpc) is 2.39. The normalized spacial score (nSPS) is 11.1. The molecule has 0 radical (unpaired) electrons. The molecule has 3 rings (SSSR count). The molecule has 3 aromatic carbocycles. The van der Waals surface area contributed by atoms with E-state index < -0.39 is 5.24 Å². The fraction of sp³-hybridized carbons (Fsp3) is 0. The largest absolute Gasteiger partial charge is 0.276 e. The van der Waals surface area contributed by atoms with Crippen molar-refractivity contribution in [3.8, 4) is 0 Å². The first kappa shape index (κ1) is 12.7. The molecule has 0 saturated carbocycles. The summed E-state index contributed by atoms with van der Waals surface area (Å²) in [5.74, 6) is 0. The highest BCUT2D eigenvalue weighted by molar-refractivity contribution is 6.68. The SMILES string of the molecule is O=C(Cl)c1cccc2c1ccc1cc(Cl)c(Cl)cc12. The van der Waals surface area contributed by atoms with Crippen LogP contribution in [0.25, 0.3) is 21.5 Å². The van der Waals surface area contributed by atoms with Gasteiger partial charge in [0, 0.05) is 5.56 Å². The molecule has 0 unspecified atom stereocenters. The van der Waals surface area contributed by atoms with E-state index >= 15 is 0 Å². The van der Waals surface area contributed by atoms with Crippen LogP contribution in [0.4, 0.5) is 0 Å². The summed E-state index contributed by atoms with van der Waals surface area (Å²) in [6, 6.07) is 12.9. The molecular weight excluding hydrogens is 303 g/mol. The zero-order valence-corrected chi connectivity index (χ0v) is 11.9. The Morgan fingerprint density at radius 1 is 0.842 bits per heavy atom. The fourth-order valence-electron chi connectivity index (χ4n) is 2.26. The molecule has 0 aliphatic carbocycles. The van der Waals surface area contributed by atoms with Crippen LogP contribution in [0.5, 0.6) is 0 Å². The zero-order chi connectivity index (χ0) is 13.6. The highest BCUT2D eigenvalue weighted by atomic mass is 35.5. The van der Waals surface area contributed by atoms with Gasteiger partial charge in [-0.05, 0) is 51.3 Å². The van der Waals surface area contributed by atoms with E-state index in [-0.39, 0.29) is 0 Å². The molecular formula is C15H7Cl3O. The van der Waals surface area contributed by atoms with Crippen molar-refractivity contribution in [1.29, 1.82) is 0 Å². The van der Waals surface area contributed by atoms with Gasteiger partial charge in [0.2, 0.25) is 0 Å². The summed E-state index contributed by atoms with van der Waals surface area (Å²) in [6.45, 7) is 0. The Morgan fingerprint density at radius 2 is 1.58 bits per heavy atom. The maximum atomic E-state index is 11.4. The summed E-state index contributed by atoms with van der Waals surface area (Å²) < 4.78 is 0. The molecule has 0 amide bonds. The smallest absolute Gasteiger partial charge is 0.253 e. The number of rotatable bonds is 1. The van der Waals surface area contributed by atoms with E-state index in [1.54, 1.807) is 12.1 Å². The summed E-state index contributed by atoms with van der Waals surface area (Å²) in [5, 5.41) is 4.20. The number of hydrogen-bond acceptors (Lipinski definition) is 1. The lowest BCUT2D eigenvalue weighted by molar-refractivity contribution is 0.108. The number of benzene rings is 3. The molecule has 0 N–H and O–H groups in total. The van der Waals surface area contributed by atoms with Gasteiger partial charge >= 0.3 is 0 Å². The molecule has 0 aliphatic heterocycles. The number of carbonyl (C=O) groups excluding carboxylic acids is 1. The molecule has 0 bridgehead atoms. The van der Waals surface area contributed by atoms with E-state index in [1.807, 2.05) is 30.3 Å². The average molecular weight is 310 g/mol. The third kappa shape index (κ3) is 2.08. The van der Waals surface area contributed by atoms with Gasteiger partial charge in [0.25, 0.3) is 5.24 Å². The minimum Gasteiger partial charge on any atom is -0.276 e. The van der Waals surface area contributed by atoms with E-state index in [1.165, 1.54) is 0 Å². The Morgan fingerprint density at radius 3 is 2.32 bits per heavy atom. The van der Waals surface area contributed by atoms with Gasteiger partial charge < -0.3 is 0 Å². The second kappa shape index (κ2) is 4.68. The molecule has 0 spiro atoms. The highest BCUT2D eigenvalue weighted by Gasteiger charge is 2.10. The topological polar surface area (TPSA) is 17.1 Å². The van der Waals surface area contributed by atoms with E-state index in [0.29, 0.717) is 15.6 Å². The Hall–Kier alpha value is -1.28. The number of carbonyl (C=O) groups is 1. The fourth-order valence-corrected chi connectivity index (χ4v) is 2.76. The molecule has 94 valence electrons. The number of halogens is 3. The van der Waals surface area contributed by atoms with Crippen molar-refractivity contribution >= 4 is 61.6 Å². The quantitative estimate of drug-likeness (QED) is 0.417. The molecule has 0 fully saturated rings. The third-order valence-electron chi connectivity index (χ3n) is 3.13. The van der Waals surface area contributed by atoms with Gasteiger partial charge in [0.1, 0.15) is 0 Å². The van der Waals surface area contributed by atoms with Gasteiger partial charge in [-0.1, -0.05) is 47.5 Å². The predicted molar refractivity (Wildman–Crippen MR) is 81.7 cm³/mol. The van der Waals surface area contributed by atoms with Crippen LogP contribution in [0.15, 0.2) is 42.5 Å². The predicted octanol–water partition coefficient (Wildman–Crippen LogP) is 5.68. The van der Waals surface area contributed by atoms with E-state index in [4.69, 9.17) is 34.8 Å². The molecule has 0 aromatic heterocycles. The van der Waals surface area contributed by atoms with Crippen molar-refractivity contribution in [2.24, 2.45) is 0 Å². The van der Waals surface area contributed by atoms with Crippen LogP contribution < -0.4 is 0 Å². The standard InChI is InChI=1S/C15H7Cl3O/c16-13-6-8-4-5-10-9(12(8)7-14(13)17)2-1-3-11(10)15(18)19/h1-7H. The maximum Gasteiger partial charge on any atom is 0.253 e. The summed E-state index contributed by atoms with van der Waals surface area (Å²) in [4.78, 5) is 11.4.